The number of hydrogen-bond donors (Lipinski definition) is 1. The molecule has 8 heteroatoms. The van der Waals surface area contributed by atoms with Crippen LogP contribution in [0, 0.1) is 0 Å². The molecule has 1 aromatic heterocycles. The van der Waals surface area contributed by atoms with Gasteiger partial charge in [0.05, 0.1) is 31.7 Å². The number of hydrogen-bond acceptors (Lipinski definition) is 6. The molecule has 0 bridgehead atoms. The molecule has 1 N–H and O–H groups in total. The quantitative estimate of drug-likeness (QED) is 0.529. The second-order valence-corrected chi connectivity index (χ2v) is 8.81. The van der Waals surface area contributed by atoms with E-state index in [2.05, 4.69) is 5.32 Å². The van der Waals surface area contributed by atoms with Gasteiger partial charge < -0.3 is 19.7 Å². The maximum absolute atomic E-state index is 12.9. The molecule has 0 saturated heterocycles. The first-order valence-electron chi connectivity index (χ1n) is 11.0. The Morgan fingerprint density at radius 2 is 1.79 bits per heavy atom. The Labute approximate surface area is 196 Å². The van der Waals surface area contributed by atoms with Crippen LogP contribution in [0.25, 0.3) is 10.8 Å². The van der Waals surface area contributed by atoms with Gasteiger partial charge >= 0.3 is 12.1 Å². The van der Waals surface area contributed by atoms with E-state index < -0.39 is 5.97 Å². The third-order valence-electron chi connectivity index (χ3n) is 5.49. The van der Waals surface area contributed by atoms with Crippen molar-refractivity contribution >= 4 is 45.1 Å². The second-order valence-electron chi connectivity index (χ2n) is 7.71. The molecule has 2 amide bonds. The maximum Gasteiger partial charge on any atom is 0.410 e. The molecule has 0 saturated carbocycles. The van der Waals surface area contributed by atoms with Gasteiger partial charge in [-0.3, -0.25) is 4.79 Å². The lowest BCUT2D eigenvalue weighted by molar-refractivity contribution is -0.115. The highest BCUT2D eigenvalue weighted by atomic mass is 32.1. The minimum atomic E-state index is -0.458. The fraction of sp³-hybridized carbons (Fsp3) is 0.320. The zero-order valence-corrected chi connectivity index (χ0v) is 19.5. The van der Waals surface area contributed by atoms with Crippen molar-refractivity contribution in [3.8, 4) is 0 Å². The van der Waals surface area contributed by atoms with Crippen molar-refractivity contribution in [1.82, 2.24) is 4.90 Å². The summed E-state index contributed by atoms with van der Waals surface area (Å²) in [6.45, 7) is 4.84. The zero-order chi connectivity index (χ0) is 23.4. The van der Waals surface area contributed by atoms with Crippen molar-refractivity contribution in [2.45, 2.75) is 33.2 Å². The molecule has 7 nitrogen and oxygen atoms in total. The van der Waals surface area contributed by atoms with Crippen molar-refractivity contribution in [2.24, 2.45) is 0 Å². The summed E-state index contributed by atoms with van der Waals surface area (Å²) in [5.41, 5.74) is 2.12. The van der Waals surface area contributed by atoms with Crippen LogP contribution in [0.2, 0.25) is 0 Å². The molecule has 0 atom stereocenters. The zero-order valence-electron chi connectivity index (χ0n) is 18.7. The predicted octanol–water partition coefficient (Wildman–Crippen LogP) is 4.77. The average molecular weight is 467 g/mol. The van der Waals surface area contributed by atoms with E-state index in [4.69, 9.17) is 9.47 Å². The molecule has 0 fully saturated rings. The van der Waals surface area contributed by atoms with Gasteiger partial charge in [-0.1, -0.05) is 42.5 Å². The van der Waals surface area contributed by atoms with Crippen molar-refractivity contribution in [3.05, 3.63) is 64.0 Å². The molecule has 3 aromatic rings. The van der Waals surface area contributed by atoms with Crippen LogP contribution in [0.15, 0.2) is 42.5 Å². The Morgan fingerprint density at radius 1 is 1.03 bits per heavy atom. The topological polar surface area (TPSA) is 84.9 Å². The van der Waals surface area contributed by atoms with Gasteiger partial charge in [0.1, 0.15) is 5.00 Å². The molecule has 0 spiro atoms. The normalized spacial score (nSPS) is 12.8. The molecule has 0 unspecified atom stereocenters. The van der Waals surface area contributed by atoms with Gasteiger partial charge in [-0.15, -0.1) is 11.3 Å². The van der Waals surface area contributed by atoms with E-state index in [0.29, 0.717) is 36.7 Å². The van der Waals surface area contributed by atoms with Gasteiger partial charge in [-0.25, -0.2) is 9.59 Å². The van der Waals surface area contributed by atoms with Crippen LogP contribution in [-0.2, 0) is 33.7 Å². The summed E-state index contributed by atoms with van der Waals surface area (Å²) in [6, 6.07) is 13.9. The van der Waals surface area contributed by atoms with E-state index in [0.717, 1.165) is 26.8 Å². The molecule has 1 aliphatic heterocycles. The van der Waals surface area contributed by atoms with Crippen LogP contribution in [0.3, 0.4) is 0 Å². The third-order valence-corrected chi connectivity index (χ3v) is 6.63. The summed E-state index contributed by atoms with van der Waals surface area (Å²) in [7, 11) is 0. The van der Waals surface area contributed by atoms with Gasteiger partial charge in [0.2, 0.25) is 5.91 Å². The summed E-state index contributed by atoms with van der Waals surface area (Å²) in [5.74, 6) is -0.669. The molecule has 2 aromatic carbocycles. The third kappa shape index (κ3) is 5.01. The van der Waals surface area contributed by atoms with Crippen molar-refractivity contribution in [1.29, 1.82) is 0 Å². The number of amides is 2. The van der Waals surface area contributed by atoms with Gasteiger partial charge in [0.25, 0.3) is 0 Å². The number of anilines is 1. The minimum absolute atomic E-state index is 0.185. The van der Waals surface area contributed by atoms with Crippen molar-refractivity contribution in [3.63, 3.8) is 0 Å². The average Bonchev–Trinajstić information content (AvgIpc) is 3.16. The standard InChI is InChI=1S/C25H26N2O5S/c1-3-31-24(29)22-19-11-12-27(25(30)32-4-2)15-20(19)33-23(22)26-21(28)14-16-9-10-17-7-5-6-8-18(17)13-16/h5-10,13H,3-4,11-12,14-15H2,1-2H3,(H,26,28). The lowest BCUT2D eigenvalue weighted by Gasteiger charge is -2.26. The number of rotatable bonds is 6. The van der Waals surface area contributed by atoms with E-state index in [-0.39, 0.29) is 25.0 Å². The molecule has 33 heavy (non-hydrogen) atoms. The summed E-state index contributed by atoms with van der Waals surface area (Å²) < 4.78 is 10.4. The highest BCUT2D eigenvalue weighted by Gasteiger charge is 2.31. The fourth-order valence-electron chi connectivity index (χ4n) is 3.99. The monoisotopic (exact) mass is 466 g/mol. The van der Waals surface area contributed by atoms with E-state index in [9.17, 15) is 14.4 Å². The lowest BCUT2D eigenvalue weighted by atomic mass is 10.0. The number of ether oxygens (including phenoxy) is 2. The molecule has 0 radical (unpaired) electrons. The van der Waals surface area contributed by atoms with Crippen LogP contribution in [0.1, 0.15) is 40.2 Å². The SMILES string of the molecule is CCOC(=O)c1c(NC(=O)Cc2ccc3ccccc3c2)sc2c1CCN(C(=O)OCC)C2. The Kier molecular flexibility index (Phi) is 6.93. The lowest BCUT2D eigenvalue weighted by Crippen LogP contribution is -2.36. The highest BCUT2D eigenvalue weighted by molar-refractivity contribution is 7.17. The van der Waals surface area contributed by atoms with Crippen LogP contribution in [0.5, 0.6) is 0 Å². The first-order valence-corrected chi connectivity index (χ1v) is 11.8. The molecule has 2 heterocycles. The van der Waals surface area contributed by atoms with Crippen LogP contribution < -0.4 is 5.32 Å². The Morgan fingerprint density at radius 3 is 2.55 bits per heavy atom. The molecule has 4 rings (SSSR count). The van der Waals surface area contributed by atoms with Crippen molar-refractivity contribution in [2.75, 3.05) is 25.1 Å². The fourth-order valence-corrected chi connectivity index (χ4v) is 5.25. The summed E-state index contributed by atoms with van der Waals surface area (Å²) in [5, 5.41) is 5.57. The summed E-state index contributed by atoms with van der Waals surface area (Å²) >= 11 is 1.31. The van der Waals surface area contributed by atoms with Crippen LogP contribution >= 0.6 is 11.3 Å². The Bertz CT molecular complexity index is 1200. The first kappa shape index (κ1) is 22.8. The van der Waals surface area contributed by atoms with Gasteiger partial charge in [0, 0.05) is 11.4 Å². The van der Waals surface area contributed by atoms with Gasteiger partial charge in [-0.2, -0.15) is 0 Å². The summed E-state index contributed by atoms with van der Waals surface area (Å²) in [4.78, 5) is 40.2. The van der Waals surface area contributed by atoms with E-state index in [1.165, 1.54) is 11.3 Å². The van der Waals surface area contributed by atoms with E-state index in [1.54, 1.807) is 18.7 Å². The van der Waals surface area contributed by atoms with Crippen molar-refractivity contribution < 1.29 is 23.9 Å². The number of carbonyl (C=O) groups is 3. The number of nitrogens with one attached hydrogen (secondary N) is 1. The number of benzene rings is 2. The van der Waals surface area contributed by atoms with Gasteiger partial charge in [0.15, 0.2) is 0 Å². The predicted molar refractivity (Wildman–Crippen MR) is 128 cm³/mol. The molecule has 1 aliphatic rings. The number of nitrogens with zero attached hydrogens (tertiary/aromatic N) is 1. The van der Waals surface area contributed by atoms with Gasteiger partial charge in [-0.05, 0) is 42.2 Å². The Balaban J connectivity index is 1.56. The maximum atomic E-state index is 12.9. The summed E-state index contributed by atoms with van der Waals surface area (Å²) in [6.07, 6.45) is 0.306. The number of esters is 1. The minimum Gasteiger partial charge on any atom is -0.462 e. The molecule has 172 valence electrons. The molecule has 0 aliphatic carbocycles. The highest BCUT2D eigenvalue weighted by Crippen LogP contribution is 2.38. The van der Waals surface area contributed by atoms with Crippen LogP contribution in [0.4, 0.5) is 9.80 Å². The molecular weight excluding hydrogens is 440 g/mol. The Hall–Kier alpha value is -3.39. The number of fused-ring (bicyclic) bond motifs is 2. The molecular formula is C25H26N2O5S. The smallest absolute Gasteiger partial charge is 0.410 e. The van der Waals surface area contributed by atoms with Crippen LogP contribution in [-0.4, -0.2) is 42.6 Å². The largest absolute Gasteiger partial charge is 0.462 e. The first-order chi connectivity index (χ1) is 16.0. The van der Waals surface area contributed by atoms with E-state index in [1.807, 2.05) is 42.5 Å². The van der Waals surface area contributed by atoms with E-state index >= 15 is 0 Å². The number of carbonyl (C=O) groups excluding carboxylic acids is 3. The number of thiophene rings is 1. The second kappa shape index (κ2) is 10.0.